The number of benzene rings is 1. The van der Waals surface area contributed by atoms with Gasteiger partial charge in [0.05, 0.1) is 18.1 Å². The van der Waals surface area contributed by atoms with E-state index < -0.39 is 0 Å². The van der Waals surface area contributed by atoms with Gasteiger partial charge in [-0.15, -0.1) is 0 Å². The highest BCUT2D eigenvalue weighted by molar-refractivity contribution is 6.31. The van der Waals surface area contributed by atoms with E-state index in [1.54, 1.807) is 0 Å². The van der Waals surface area contributed by atoms with Crippen molar-refractivity contribution in [2.45, 2.75) is 38.1 Å². The molecule has 3 nitrogen and oxygen atoms in total. The summed E-state index contributed by atoms with van der Waals surface area (Å²) in [6.07, 6.45) is 4.40. The fourth-order valence-electron chi connectivity index (χ4n) is 3.00. The molecule has 110 valence electrons. The number of rotatable bonds is 6. The summed E-state index contributed by atoms with van der Waals surface area (Å²) < 4.78 is 0. The van der Waals surface area contributed by atoms with Gasteiger partial charge in [-0.2, -0.15) is 10.5 Å². The maximum atomic E-state index is 9.23. The van der Waals surface area contributed by atoms with Crippen molar-refractivity contribution in [2.75, 3.05) is 13.1 Å². The van der Waals surface area contributed by atoms with Gasteiger partial charge in [0.25, 0.3) is 0 Å². The Balaban J connectivity index is 1.96. The summed E-state index contributed by atoms with van der Waals surface area (Å²) in [5.41, 5.74) is 1.18. The molecule has 0 unspecified atom stereocenters. The summed E-state index contributed by atoms with van der Waals surface area (Å²) >= 11 is 6.25. The van der Waals surface area contributed by atoms with Gasteiger partial charge in [0, 0.05) is 24.0 Å². The van der Waals surface area contributed by atoms with Crippen LogP contribution in [0.25, 0.3) is 0 Å². The van der Waals surface area contributed by atoms with E-state index in [1.807, 2.05) is 18.2 Å². The molecule has 1 saturated heterocycles. The second-order valence-electron chi connectivity index (χ2n) is 5.61. The van der Waals surface area contributed by atoms with Crippen LogP contribution in [0.3, 0.4) is 0 Å². The van der Waals surface area contributed by atoms with E-state index in [0.29, 0.717) is 18.9 Å². The summed E-state index contributed by atoms with van der Waals surface area (Å²) in [5.74, 6) is -0.0449. The molecule has 0 saturated carbocycles. The Labute approximate surface area is 131 Å². The number of nitriles is 2. The first-order chi connectivity index (χ1) is 10.2. The van der Waals surface area contributed by atoms with E-state index in [9.17, 15) is 5.26 Å². The van der Waals surface area contributed by atoms with Crippen molar-refractivity contribution in [1.29, 1.82) is 10.5 Å². The van der Waals surface area contributed by atoms with Gasteiger partial charge in [-0.05, 0) is 43.9 Å². The topological polar surface area (TPSA) is 50.8 Å². The Bertz CT molecular complexity index is 544. The van der Waals surface area contributed by atoms with Crippen LogP contribution < -0.4 is 0 Å². The van der Waals surface area contributed by atoms with Gasteiger partial charge in [-0.3, -0.25) is 4.90 Å². The van der Waals surface area contributed by atoms with Crippen LogP contribution in [-0.4, -0.2) is 24.0 Å². The number of nitrogens with zero attached hydrogens (tertiary/aromatic N) is 3. The molecule has 0 bridgehead atoms. The monoisotopic (exact) mass is 301 g/mol. The number of hydrogen-bond donors (Lipinski definition) is 0. The third-order valence-corrected chi connectivity index (χ3v) is 4.52. The molecule has 2 atom stereocenters. The third-order valence-electron chi connectivity index (χ3n) is 4.15. The van der Waals surface area contributed by atoms with Gasteiger partial charge in [0.15, 0.2) is 0 Å². The molecule has 1 aliphatic heterocycles. The quantitative estimate of drug-likeness (QED) is 0.803. The summed E-state index contributed by atoms with van der Waals surface area (Å²) in [6, 6.07) is 12.9. The summed E-state index contributed by atoms with van der Waals surface area (Å²) in [4.78, 5) is 2.40. The van der Waals surface area contributed by atoms with Crippen molar-refractivity contribution in [3.8, 4) is 12.1 Å². The van der Waals surface area contributed by atoms with Crippen molar-refractivity contribution in [1.82, 2.24) is 4.90 Å². The van der Waals surface area contributed by atoms with Crippen LogP contribution in [0.15, 0.2) is 24.3 Å². The zero-order valence-electron chi connectivity index (χ0n) is 12.1. The van der Waals surface area contributed by atoms with Crippen LogP contribution in [0, 0.1) is 28.6 Å². The molecule has 0 amide bonds. The molecule has 21 heavy (non-hydrogen) atoms. The van der Waals surface area contributed by atoms with Crippen molar-refractivity contribution in [3.05, 3.63) is 34.9 Å². The van der Waals surface area contributed by atoms with Gasteiger partial charge in [0.2, 0.25) is 0 Å². The van der Waals surface area contributed by atoms with E-state index >= 15 is 0 Å². The highest BCUT2D eigenvalue weighted by Crippen LogP contribution is 2.26. The molecule has 0 N–H and O–H groups in total. The second-order valence-corrected chi connectivity index (χ2v) is 6.02. The molecule has 2 rings (SSSR count). The van der Waals surface area contributed by atoms with E-state index in [0.717, 1.165) is 31.0 Å². The molecule has 0 radical (unpaired) electrons. The maximum Gasteiger partial charge on any atom is 0.0669 e. The second kappa shape index (κ2) is 8.03. The molecular formula is C17H20ClN3. The van der Waals surface area contributed by atoms with Gasteiger partial charge < -0.3 is 0 Å². The van der Waals surface area contributed by atoms with E-state index in [2.05, 4.69) is 23.1 Å². The molecule has 1 heterocycles. The Hall–Kier alpha value is -1.55. The summed E-state index contributed by atoms with van der Waals surface area (Å²) in [5, 5.41) is 18.7. The lowest BCUT2D eigenvalue weighted by atomic mass is 10.0. The van der Waals surface area contributed by atoms with E-state index in [4.69, 9.17) is 16.9 Å². The van der Waals surface area contributed by atoms with Crippen LogP contribution in [-0.2, 0) is 6.42 Å². The molecule has 1 aromatic carbocycles. The normalized spacial score (nSPS) is 19.9. The molecule has 1 aliphatic rings. The molecule has 1 fully saturated rings. The largest absolute Gasteiger partial charge is 0.299 e. The first-order valence-corrected chi connectivity index (χ1v) is 7.86. The van der Waals surface area contributed by atoms with Gasteiger partial charge in [0.1, 0.15) is 0 Å². The SMILES string of the molecule is N#CCC[C@H](C#N)CN1CCC[C@@H]1Cc1ccccc1Cl. The number of likely N-dealkylation sites (tertiary alicyclic amines) is 1. The minimum absolute atomic E-state index is 0.0449. The fourth-order valence-corrected chi connectivity index (χ4v) is 3.22. The minimum Gasteiger partial charge on any atom is -0.299 e. The third kappa shape index (κ3) is 4.46. The zero-order chi connectivity index (χ0) is 15.1. The first kappa shape index (κ1) is 15.8. The molecule has 0 spiro atoms. The smallest absolute Gasteiger partial charge is 0.0669 e. The highest BCUT2D eigenvalue weighted by atomic mass is 35.5. The van der Waals surface area contributed by atoms with Crippen LogP contribution in [0.2, 0.25) is 5.02 Å². The first-order valence-electron chi connectivity index (χ1n) is 7.48. The van der Waals surface area contributed by atoms with E-state index in [1.165, 1.54) is 12.0 Å². The molecule has 1 aromatic rings. The maximum absolute atomic E-state index is 9.23. The molecule has 0 aliphatic carbocycles. The number of hydrogen-bond acceptors (Lipinski definition) is 3. The van der Waals surface area contributed by atoms with Crippen molar-refractivity contribution in [2.24, 2.45) is 5.92 Å². The van der Waals surface area contributed by atoms with Crippen molar-refractivity contribution < 1.29 is 0 Å². The summed E-state index contributed by atoms with van der Waals surface area (Å²) in [6.45, 7) is 1.81. The summed E-state index contributed by atoms with van der Waals surface area (Å²) in [7, 11) is 0. The van der Waals surface area contributed by atoms with Crippen LogP contribution >= 0.6 is 11.6 Å². The average Bonchev–Trinajstić information content (AvgIpc) is 2.93. The lowest BCUT2D eigenvalue weighted by molar-refractivity contribution is 0.227. The van der Waals surface area contributed by atoms with Crippen molar-refractivity contribution >= 4 is 11.6 Å². The lowest BCUT2D eigenvalue weighted by Crippen LogP contribution is -2.35. The van der Waals surface area contributed by atoms with Crippen molar-refractivity contribution in [3.63, 3.8) is 0 Å². The van der Waals surface area contributed by atoms with Crippen LogP contribution in [0.5, 0.6) is 0 Å². The Morgan fingerprint density at radius 3 is 2.86 bits per heavy atom. The predicted molar refractivity (Wildman–Crippen MR) is 83.7 cm³/mol. The zero-order valence-corrected chi connectivity index (χ0v) is 12.9. The Morgan fingerprint density at radius 2 is 2.14 bits per heavy atom. The van der Waals surface area contributed by atoms with Crippen LogP contribution in [0.1, 0.15) is 31.2 Å². The Kier molecular flexibility index (Phi) is 6.05. The Morgan fingerprint density at radius 1 is 1.33 bits per heavy atom. The van der Waals surface area contributed by atoms with E-state index in [-0.39, 0.29) is 5.92 Å². The lowest BCUT2D eigenvalue weighted by Gasteiger charge is -2.26. The minimum atomic E-state index is -0.0449. The fraction of sp³-hybridized carbons (Fsp3) is 0.529. The van der Waals surface area contributed by atoms with Gasteiger partial charge in [-0.25, -0.2) is 0 Å². The van der Waals surface area contributed by atoms with Gasteiger partial charge >= 0.3 is 0 Å². The van der Waals surface area contributed by atoms with Gasteiger partial charge in [-0.1, -0.05) is 29.8 Å². The van der Waals surface area contributed by atoms with Crippen LogP contribution in [0.4, 0.5) is 0 Å². The number of halogens is 1. The molecule has 4 heteroatoms. The predicted octanol–water partition coefficient (Wildman–Crippen LogP) is 3.79. The highest BCUT2D eigenvalue weighted by Gasteiger charge is 2.27. The molecular weight excluding hydrogens is 282 g/mol. The molecule has 0 aromatic heterocycles. The standard InChI is InChI=1S/C17H20ClN3/c18-17-8-2-1-6-15(17)11-16-7-4-10-21(16)13-14(12-20)5-3-9-19/h1-2,6,8,14,16H,3-5,7,10-11,13H2/t14-,16-/m1/s1. The average molecular weight is 302 g/mol.